The highest BCUT2D eigenvalue weighted by Crippen LogP contribution is 2.05. The molecule has 1 rings (SSSR count). The molecule has 0 fully saturated rings. The van der Waals surface area contributed by atoms with Crippen LogP contribution in [0.3, 0.4) is 0 Å². The number of furan rings is 1. The van der Waals surface area contributed by atoms with Gasteiger partial charge >= 0.3 is 0 Å². The quantitative estimate of drug-likeness (QED) is 0.675. The fourth-order valence-electron chi connectivity index (χ4n) is 1.13. The Morgan fingerprint density at radius 3 is 3.08 bits per heavy atom. The summed E-state index contributed by atoms with van der Waals surface area (Å²) >= 11 is 0. The van der Waals surface area contributed by atoms with E-state index in [0.29, 0.717) is 6.04 Å². The van der Waals surface area contributed by atoms with E-state index in [1.807, 2.05) is 25.3 Å². The lowest BCUT2D eigenvalue weighted by Gasteiger charge is -2.08. The number of likely N-dealkylation sites (N-methyl/N-ethyl adjacent to an activating group) is 1. The van der Waals surface area contributed by atoms with Crippen molar-refractivity contribution in [3.63, 3.8) is 0 Å². The molecule has 1 aromatic rings. The summed E-state index contributed by atoms with van der Waals surface area (Å²) < 4.78 is 5.21. The molecule has 1 atom stereocenters. The largest absolute Gasteiger partial charge is 0.469 e. The molecule has 0 aliphatic carbocycles. The Morgan fingerprint density at radius 1 is 1.75 bits per heavy atom. The molecule has 0 aromatic carbocycles. The van der Waals surface area contributed by atoms with E-state index in [0.717, 1.165) is 18.6 Å². The summed E-state index contributed by atoms with van der Waals surface area (Å²) in [6.45, 7) is 3.74. The lowest BCUT2D eigenvalue weighted by molar-refractivity contribution is 0.486. The van der Waals surface area contributed by atoms with Gasteiger partial charge in [-0.2, -0.15) is 0 Å². The highest BCUT2D eigenvalue weighted by atomic mass is 16.3. The summed E-state index contributed by atoms with van der Waals surface area (Å²) in [5, 5.41) is 3.15. The highest BCUT2D eigenvalue weighted by Gasteiger charge is 2.01. The molecule has 1 N–H and O–H groups in total. The highest BCUT2D eigenvalue weighted by molar-refractivity contribution is 4.99. The minimum atomic E-state index is 0.384. The average molecular weight is 165 g/mol. The molecule has 2 heteroatoms. The van der Waals surface area contributed by atoms with Crippen molar-refractivity contribution >= 4 is 0 Å². The lowest BCUT2D eigenvalue weighted by atomic mass is 10.1. The van der Waals surface area contributed by atoms with Gasteiger partial charge in [0.15, 0.2) is 0 Å². The van der Waals surface area contributed by atoms with Crippen molar-refractivity contribution in [1.29, 1.82) is 0 Å². The topological polar surface area (TPSA) is 25.2 Å². The van der Waals surface area contributed by atoms with E-state index in [-0.39, 0.29) is 0 Å². The van der Waals surface area contributed by atoms with Crippen molar-refractivity contribution in [1.82, 2.24) is 5.32 Å². The number of hydrogen-bond donors (Lipinski definition) is 1. The van der Waals surface area contributed by atoms with E-state index in [1.54, 1.807) is 6.26 Å². The monoisotopic (exact) mass is 165 g/mol. The van der Waals surface area contributed by atoms with Crippen LogP contribution in [0.25, 0.3) is 0 Å². The molecule has 1 heterocycles. The molecule has 12 heavy (non-hydrogen) atoms. The van der Waals surface area contributed by atoms with Gasteiger partial charge in [0.05, 0.1) is 6.26 Å². The first-order chi connectivity index (χ1) is 5.86. The number of hydrogen-bond acceptors (Lipinski definition) is 2. The summed E-state index contributed by atoms with van der Waals surface area (Å²) in [5.74, 6) is 1.04. The SMILES string of the molecule is C=CC(CCc1ccco1)NC. The first kappa shape index (κ1) is 9.07. The average Bonchev–Trinajstić information content (AvgIpc) is 2.59. The van der Waals surface area contributed by atoms with Gasteiger partial charge in [0, 0.05) is 12.5 Å². The summed E-state index contributed by atoms with van der Waals surface area (Å²) in [6, 6.07) is 4.29. The third kappa shape index (κ3) is 2.55. The molecule has 66 valence electrons. The van der Waals surface area contributed by atoms with E-state index in [2.05, 4.69) is 11.9 Å². The minimum absolute atomic E-state index is 0.384. The second-order valence-corrected chi connectivity index (χ2v) is 2.75. The zero-order valence-electron chi connectivity index (χ0n) is 7.42. The maximum atomic E-state index is 5.21. The van der Waals surface area contributed by atoms with Gasteiger partial charge < -0.3 is 9.73 Å². The van der Waals surface area contributed by atoms with Crippen molar-refractivity contribution in [3.8, 4) is 0 Å². The zero-order chi connectivity index (χ0) is 8.81. The van der Waals surface area contributed by atoms with Crippen LogP contribution in [-0.4, -0.2) is 13.1 Å². The fraction of sp³-hybridized carbons (Fsp3) is 0.400. The van der Waals surface area contributed by atoms with Crippen LogP contribution in [0.4, 0.5) is 0 Å². The molecule has 1 aromatic heterocycles. The molecular formula is C10H15NO. The van der Waals surface area contributed by atoms with Gasteiger partial charge in [-0.1, -0.05) is 6.08 Å². The minimum Gasteiger partial charge on any atom is -0.469 e. The summed E-state index contributed by atoms with van der Waals surface area (Å²) in [5.41, 5.74) is 0. The van der Waals surface area contributed by atoms with Crippen molar-refractivity contribution < 1.29 is 4.42 Å². The van der Waals surface area contributed by atoms with E-state index in [4.69, 9.17) is 4.42 Å². The Balaban J connectivity index is 2.30. The first-order valence-electron chi connectivity index (χ1n) is 4.19. The van der Waals surface area contributed by atoms with Gasteiger partial charge in [-0.3, -0.25) is 0 Å². The molecule has 0 bridgehead atoms. The van der Waals surface area contributed by atoms with E-state index >= 15 is 0 Å². The van der Waals surface area contributed by atoms with Crippen LogP contribution in [0, 0.1) is 0 Å². The van der Waals surface area contributed by atoms with Gasteiger partial charge in [0.25, 0.3) is 0 Å². The predicted molar refractivity (Wildman–Crippen MR) is 50.1 cm³/mol. The smallest absolute Gasteiger partial charge is 0.103 e. The summed E-state index contributed by atoms with van der Waals surface area (Å²) in [4.78, 5) is 0. The molecule has 0 saturated carbocycles. The normalized spacial score (nSPS) is 12.8. The molecule has 0 aliphatic heterocycles. The van der Waals surface area contributed by atoms with E-state index in [1.165, 1.54) is 0 Å². The Hall–Kier alpha value is -1.02. The van der Waals surface area contributed by atoms with E-state index < -0.39 is 0 Å². The zero-order valence-corrected chi connectivity index (χ0v) is 7.42. The molecule has 2 nitrogen and oxygen atoms in total. The molecule has 0 saturated heterocycles. The number of rotatable bonds is 5. The Labute approximate surface area is 73.3 Å². The Morgan fingerprint density at radius 2 is 2.58 bits per heavy atom. The van der Waals surface area contributed by atoms with Crippen LogP contribution in [0.5, 0.6) is 0 Å². The van der Waals surface area contributed by atoms with Gasteiger partial charge in [0.2, 0.25) is 0 Å². The second-order valence-electron chi connectivity index (χ2n) is 2.75. The molecule has 1 unspecified atom stereocenters. The van der Waals surface area contributed by atoms with E-state index in [9.17, 15) is 0 Å². The fourth-order valence-corrected chi connectivity index (χ4v) is 1.13. The van der Waals surface area contributed by atoms with Gasteiger partial charge in [-0.15, -0.1) is 6.58 Å². The van der Waals surface area contributed by atoms with Crippen molar-refractivity contribution in [3.05, 3.63) is 36.8 Å². The second kappa shape index (κ2) is 4.78. The maximum Gasteiger partial charge on any atom is 0.103 e. The molecule has 0 spiro atoms. The molecule has 0 radical (unpaired) electrons. The van der Waals surface area contributed by atoms with Crippen LogP contribution in [0.2, 0.25) is 0 Å². The third-order valence-electron chi connectivity index (χ3n) is 1.94. The van der Waals surface area contributed by atoms with Crippen LogP contribution >= 0.6 is 0 Å². The number of nitrogens with one attached hydrogen (secondary N) is 1. The van der Waals surface area contributed by atoms with Crippen molar-refractivity contribution in [2.45, 2.75) is 18.9 Å². The standard InChI is InChI=1S/C10H15NO/c1-3-9(11-2)6-7-10-5-4-8-12-10/h3-5,8-9,11H,1,6-7H2,2H3. The summed E-state index contributed by atoms with van der Waals surface area (Å²) in [7, 11) is 1.94. The Bertz CT molecular complexity index is 216. The maximum absolute atomic E-state index is 5.21. The first-order valence-corrected chi connectivity index (χ1v) is 4.19. The van der Waals surface area contributed by atoms with Gasteiger partial charge in [-0.25, -0.2) is 0 Å². The van der Waals surface area contributed by atoms with Crippen LogP contribution in [0.1, 0.15) is 12.2 Å². The van der Waals surface area contributed by atoms with Crippen molar-refractivity contribution in [2.75, 3.05) is 7.05 Å². The van der Waals surface area contributed by atoms with Gasteiger partial charge in [-0.05, 0) is 25.6 Å². The van der Waals surface area contributed by atoms with Gasteiger partial charge in [0.1, 0.15) is 5.76 Å². The molecule has 0 amide bonds. The Kier molecular flexibility index (Phi) is 3.61. The molecular weight excluding hydrogens is 150 g/mol. The van der Waals surface area contributed by atoms with Crippen LogP contribution < -0.4 is 5.32 Å². The van der Waals surface area contributed by atoms with Crippen LogP contribution in [-0.2, 0) is 6.42 Å². The molecule has 0 aliphatic rings. The predicted octanol–water partition coefficient (Wildman–Crippen LogP) is 1.99. The van der Waals surface area contributed by atoms with Crippen LogP contribution in [0.15, 0.2) is 35.5 Å². The third-order valence-corrected chi connectivity index (χ3v) is 1.94. The number of aryl methyl sites for hydroxylation is 1. The van der Waals surface area contributed by atoms with Crippen molar-refractivity contribution in [2.24, 2.45) is 0 Å². The summed E-state index contributed by atoms with van der Waals surface area (Å²) in [6.07, 6.45) is 5.62. The lowest BCUT2D eigenvalue weighted by Crippen LogP contribution is -2.22.